The van der Waals surface area contributed by atoms with Crippen LogP contribution in [0.25, 0.3) is 0 Å². The Morgan fingerprint density at radius 2 is 0.889 bits per heavy atom. The molecule has 260 valence electrons. The summed E-state index contributed by atoms with van der Waals surface area (Å²) < 4.78 is 12.9. The number of esters is 2. The van der Waals surface area contributed by atoms with E-state index in [1.165, 1.54) is 51.4 Å². The summed E-state index contributed by atoms with van der Waals surface area (Å²) >= 11 is 0.104. The van der Waals surface area contributed by atoms with Gasteiger partial charge in [0.1, 0.15) is 0 Å². The summed E-state index contributed by atoms with van der Waals surface area (Å²) in [5.41, 5.74) is 0. The summed E-state index contributed by atoms with van der Waals surface area (Å²) in [7, 11) is 0. The Balaban J connectivity index is -0.000000592. The van der Waals surface area contributed by atoms with Crippen molar-refractivity contribution in [2.45, 2.75) is 153 Å². The summed E-state index contributed by atoms with van der Waals surface area (Å²) in [6, 6.07) is 0. The molecule has 0 saturated carbocycles. The normalized spacial score (nSPS) is 10.7. The molecule has 0 aromatic carbocycles. The summed E-state index contributed by atoms with van der Waals surface area (Å²) in [6.45, 7) is 14.0. The van der Waals surface area contributed by atoms with E-state index < -0.39 is 23.9 Å². The Morgan fingerprint density at radius 1 is 0.533 bits per heavy atom. The second-order valence-corrected chi connectivity index (χ2v) is 16.3. The Labute approximate surface area is 285 Å². The van der Waals surface area contributed by atoms with Crippen molar-refractivity contribution in [2.24, 2.45) is 11.8 Å². The SMILES string of the molecule is CC(C)CCCCCOC(=O)/C=C\C(=O)[O-].CC(C)CCCCCOC(=O)/C=C\C(=O)[O-].CCCCC[CH2][Sn+2][CH2]CCCCC. The number of carbonyl (C=O) groups excluding carboxylic acids is 4. The standard InChI is InChI=1S/2C12H20O4.2C6H13.Sn/c2*1-10(2)6-4-3-5-9-16-12(15)8-7-11(13)14;2*1-3-5-6-4-2;/h2*7-8,10H,3-6,9H2,1-2H3,(H,13,14);2*1,3-6H2,2H3;/q;;;;+2/p-2/b2*8-7-;;;. The number of carboxylic acid groups (broad SMARTS) is 2. The Kier molecular flexibility index (Phi) is 40.5. The first-order chi connectivity index (χ1) is 21.5. The zero-order valence-corrected chi connectivity index (χ0v) is 32.2. The van der Waals surface area contributed by atoms with Crippen molar-refractivity contribution in [3.05, 3.63) is 24.3 Å². The molecule has 0 unspecified atom stereocenters. The number of carbonyl (C=O) groups is 4. The second-order valence-electron chi connectivity index (χ2n) is 12.0. The molecule has 0 aromatic rings. The van der Waals surface area contributed by atoms with Gasteiger partial charge < -0.3 is 29.3 Å². The van der Waals surface area contributed by atoms with E-state index in [2.05, 4.69) is 41.5 Å². The molecule has 9 heteroatoms. The van der Waals surface area contributed by atoms with Gasteiger partial charge in [-0.25, -0.2) is 9.59 Å². The minimum atomic E-state index is -1.39. The predicted molar refractivity (Wildman–Crippen MR) is 180 cm³/mol. The molecule has 0 rings (SSSR count). The van der Waals surface area contributed by atoms with Gasteiger partial charge in [-0.3, -0.25) is 0 Å². The van der Waals surface area contributed by atoms with Crippen LogP contribution in [0.5, 0.6) is 0 Å². The quantitative estimate of drug-likeness (QED) is 0.0410. The van der Waals surface area contributed by atoms with E-state index in [1.807, 2.05) is 0 Å². The molecular weight excluding hydrogens is 679 g/mol. The second kappa shape index (κ2) is 38.3. The summed E-state index contributed by atoms with van der Waals surface area (Å²) in [4.78, 5) is 41.7. The number of hydrogen-bond acceptors (Lipinski definition) is 8. The first-order valence-corrected chi connectivity index (χ1v) is 21.3. The average Bonchev–Trinajstić information content (AvgIpc) is 2.98. The fourth-order valence-corrected chi connectivity index (χ4v) is 7.42. The number of carboxylic acids is 2. The molecule has 0 saturated heterocycles. The molecule has 0 fully saturated rings. The van der Waals surface area contributed by atoms with E-state index in [-0.39, 0.29) is 21.1 Å². The summed E-state index contributed by atoms with van der Waals surface area (Å²) in [5, 5.41) is 20.0. The van der Waals surface area contributed by atoms with Crippen molar-refractivity contribution in [3.8, 4) is 0 Å². The van der Waals surface area contributed by atoms with Crippen molar-refractivity contribution in [2.75, 3.05) is 13.2 Å². The van der Waals surface area contributed by atoms with Crippen LogP contribution in [0.2, 0.25) is 8.87 Å². The van der Waals surface area contributed by atoms with E-state index >= 15 is 0 Å². The third-order valence-corrected chi connectivity index (χ3v) is 10.5. The van der Waals surface area contributed by atoms with Gasteiger partial charge in [-0.15, -0.1) is 0 Å². The van der Waals surface area contributed by atoms with Crippen molar-refractivity contribution in [3.63, 3.8) is 0 Å². The zero-order valence-electron chi connectivity index (χ0n) is 29.4. The molecular formula is C36H64O8Sn. The Morgan fingerprint density at radius 3 is 1.20 bits per heavy atom. The van der Waals surface area contributed by atoms with E-state index in [0.717, 1.165) is 50.7 Å². The molecule has 0 radical (unpaired) electrons. The molecule has 0 spiro atoms. The Bertz CT molecular complexity index is 700. The van der Waals surface area contributed by atoms with Crippen LogP contribution in [0.15, 0.2) is 24.3 Å². The van der Waals surface area contributed by atoms with Crippen LogP contribution < -0.4 is 10.2 Å². The van der Waals surface area contributed by atoms with Gasteiger partial charge in [0.25, 0.3) is 0 Å². The minimum absolute atomic E-state index is 0.104. The van der Waals surface area contributed by atoms with Gasteiger partial charge in [0, 0.05) is 12.2 Å². The summed E-state index contributed by atoms with van der Waals surface area (Å²) in [5.74, 6) is -2.65. The molecule has 0 aromatic heterocycles. The van der Waals surface area contributed by atoms with Crippen LogP contribution in [-0.4, -0.2) is 58.2 Å². The van der Waals surface area contributed by atoms with Crippen LogP contribution in [0.1, 0.15) is 144 Å². The van der Waals surface area contributed by atoms with Crippen LogP contribution in [0, 0.1) is 11.8 Å². The first-order valence-electron chi connectivity index (χ1n) is 17.3. The van der Waals surface area contributed by atoms with Gasteiger partial charge in [-0.1, -0.05) is 66.2 Å². The third-order valence-electron chi connectivity index (χ3n) is 6.47. The van der Waals surface area contributed by atoms with Gasteiger partial charge in [0.15, 0.2) is 0 Å². The van der Waals surface area contributed by atoms with Gasteiger partial charge in [-0.2, -0.15) is 0 Å². The number of unbranched alkanes of at least 4 members (excludes halogenated alkanes) is 10. The molecule has 0 N–H and O–H groups in total. The molecule has 45 heavy (non-hydrogen) atoms. The van der Waals surface area contributed by atoms with E-state index in [4.69, 9.17) is 9.47 Å². The van der Waals surface area contributed by atoms with E-state index in [1.54, 1.807) is 21.7 Å². The molecule has 0 aliphatic rings. The van der Waals surface area contributed by atoms with Crippen molar-refractivity contribution in [1.29, 1.82) is 0 Å². The first kappa shape index (κ1) is 47.6. The molecule has 0 aliphatic carbocycles. The van der Waals surface area contributed by atoms with Crippen LogP contribution in [-0.2, 0) is 28.7 Å². The topological polar surface area (TPSA) is 133 Å². The van der Waals surface area contributed by atoms with Crippen LogP contribution >= 0.6 is 0 Å². The number of ether oxygens (including phenoxy) is 2. The number of rotatable bonds is 26. The van der Waals surface area contributed by atoms with E-state index in [9.17, 15) is 29.4 Å². The van der Waals surface area contributed by atoms with Gasteiger partial charge in [0.2, 0.25) is 0 Å². The van der Waals surface area contributed by atoms with Crippen LogP contribution in [0.4, 0.5) is 0 Å². The maximum absolute atomic E-state index is 10.9. The Hall–Kier alpha value is -1.84. The molecule has 0 amide bonds. The number of hydrogen-bond donors (Lipinski definition) is 0. The maximum atomic E-state index is 10.9. The average molecular weight is 744 g/mol. The van der Waals surface area contributed by atoms with Crippen molar-refractivity contribution in [1.82, 2.24) is 0 Å². The fourth-order valence-electron chi connectivity index (χ4n) is 3.86. The van der Waals surface area contributed by atoms with Crippen LogP contribution in [0.3, 0.4) is 0 Å². The van der Waals surface area contributed by atoms with Crippen molar-refractivity contribution >= 4 is 45.0 Å². The number of aliphatic carboxylic acids is 2. The van der Waals surface area contributed by atoms with E-state index in [0.29, 0.717) is 37.2 Å². The summed E-state index contributed by atoms with van der Waals surface area (Å²) in [6.07, 6.45) is 23.2. The molecule has 0 aliphatic heterocycles. The van der Waals surface area contributed by atoms with Gasteiger partial charge in [0.05, 0.1) is 25.2 Å². The predicted octanol–water partition coefficient (Wildman–Crippen LogP) is 6.79. The molecule has 0 bridgehead atoms. The molecule has 8 nitrogen and oxygen atoms in total. The fraction of sp³-hybridized carbons (Fsp3) is 0.778. The van der Waals surface area contributed by atoms with Gasteiger partial charge in [-0.05, 0) is 36.8 Å². The third kappa shape index (κ3) is 52.0. The van der Waals surface area contributed by atoms with Gasteiger partial charge >= 0.3 is 107 Å². The zero-order chi connectivity index (χ0) is 34.6. The molecule has 0 heterocycles. The monoisotopic (exact) mass is 744 g/mol. The molecule has 0 atom stereocenters. The van der Waals surface area contributed by atoms with Crippen molar-refractivity contribution < 1.29 is 38.9 Å².